The summed E-state index contributed by atoms with van der Waals surface area (Å²) in [5.74, 6) is 0.995. The first-order valence-corrected chi connectivity index (χ1v) is 8.45. The van der Waals surface area contributed by atoms with E-state index in [9.17, 15) is 5.11 Å². The molecule has 0 amide bonds. The maximum absolute atomic E-state index is 9.34. The van der Waals surface area contributed by atoms with E-state index in [-0.39, 0.29) is 6.61 Å². The third kappa shape index (κ3) is 4.45. The molecule has 0 aromatic heterocycles. The lowest BCUT2D eigenvalue weighted by atomic mass is 10.1. The third-order valence-corrected chi connectivity index (χ3v) is 4.40. The van der Waals surface area contributed by atoms with E-state index in [1.165, 1.54) is 5.56 Å². The first-order chi connectivity index (χ1) is 10.7. The van der Waals surface area contributed by atoms with Crippen molar-refractivity contribution in [3.8, 4) is 5.75 Å². The molecule has 1 aliphatic rings. The summed E-state index contributed by atoms with van der Waals surface area (Å²) in [7, 11) is 0. The van der Waals surface area contributed by atoms with Crippen molar-refractivity contribution < 1.29 is 9.84 Å². The average Bonchev–Trinajstić information content (AvgIpc) is 2.50. The summed E-state index contributed by atoms with van der Waals surface area (Å²) in [6, 6.07) is 9.29. The quantitative estimate of drug-likeness (QED) is 0.839. The Morgan fingerprint density at radius 2 is 2.05 bits per heavy atom. The van der Waals surface area contributed by atoms with Gasteiger partial charge in [0.25, 0.3) is 0 Å². The molecule has 1 saturated heterocycles. The fraction of sp³-hybridized carbons (Fsp3) is 0.667. The van der Waals surface area contributed by atoms with Gasteiger partial charge in [-0.3, -0.25) is 9.80 Å². The van der Waals surface area contributed by atoms with Crippen LogP contribution < -0.4 is 4.74 Å². The summed E-state index contributed by atoms with van der Waals surface area (Å²) in [5, 5.41) is 9.34. The maximum Gasteiger partial charge on any atom is 0.123 e. The van der Waals surface area contributed by atoms with Gasteiger partial charge in [0.1, 0.15) is 5.75 Å². The molecule has 0 bridgehead atoms. The molecule has 0 saturated carbocycles. The van der Waals surface area contributed by atoms with Gasteiger partial charge in [0.2, 0.25) is 0 Å². The number of benzene rings is 1. The van der Waals surface area contributed by atoms with E-state index in [0.717, 1.165) is 38.3 Å². The number of nitrogens with zero attached hydrogens (tertiary/aromatic N) is 2. The zero-order valence-corrected chi connectivity index (χ0v) is 14.2. The predicted octanol–water partition coefficient (Wildman–Crippen LogP) is 2.36. The second-order valence-corrected chi connectivity index (χ2v) is 6.27. The van der Waals surface area contributed by atoms with Crippen LogP contribution in [0.4, 0.5) is 0 Å². The number of ether oxygens (including phenoxy) is 1. The van der Waals surface area contributed by atoms with Crippen LogP contribution in [-0.4, -0.2) is 59.8 Å². The molecule has 0 aliphatic carbocycles. The van der Waals surface area contributed by atoms with Gasteiger partial charge in [0, 0.05) is 50.4 Å². The van der Waals surface area contributed by atoms with Crippen molar-refractivity contribution in [2.75, 3.05) is 32.8 Å². The molecule has 1 aromatic carbocycles. The van der Waals surface area contributed by atoms with Crippen LogP contribution in [0.25, 0.3) is 0 Å². The number of hydrogen-bond acceptors (Lipinski definition) is 4. The minimum atomic E-state index is 0.261. The first kappa shape index (κ1) is 17.3. The minimum Gasteiger partial charge on any atom is -0.494 e. The van der Waals surface area contributed by atoms with E-state index < -0.39 is 0 Å². The highest BCUT2D eigenvalue weighted by atomic mass is 16.5. The number of aliphatic hydroxyl groups excluding tert-OH is 1. The molecule has 1 aromatic rings. The molecule has 0 spiro atoms. The van der Waals surface area contributed by atoms with Gasteiger partial charge in [-0.15, -0.1) is 0 Å². The number of hydrogen-bond donors (Lipinski definition) is 1. The summed E-state index contributed by atoms with van der Waals surface area (Å²) >= 11 is 0. The molecule has 1 N–H and O–H groups in total. The van der Waals surface area contributed by atoms with Crippen molar-refractivity contribution in [3.63, 3.8) is 0 Å². The third-order valence-electron chi connectivity index (χ3n) is 4.40. The Bertz CT molecular complexity index is 450. The Labute approximate surface area is 134 Å². The highest BCUT2D eigenvalue weighted by Gasteiger charge is 2.28. The second-order valence-electron chi connectivity index (χ2n) is 6.27. The second kappa shape index (κ2) is 8.51. The van der Waals surface area contributed by atoms with Crippen molar-refractivity contribution in [2.24, 2.45) is 0 Å². The average molecular weight is 306 g/mol. The van der Waals surface area contributed by atoms with Crippen LogP contribution in [0.1, 0.15) is 32.8 Å². The molecule has 1 atom stereocenters. The molecule has 1 heterocycles. The zero-order valence-electron chi connectivity index (χ0n) is 14.2. The van der Waals surface area contributed by atoms with Gasteiger partial charge in [0.15, 0.2) is 0 Å². The van der Waals surface area contributed by atoms with Crippen LogP contribution in [0, 0.1) is 0 Å². The Kier molecular flexibility index (Phi) is 6.68. The van der Waals surface area contributed by atoms with E-state index >= 15 is 0 Å². The van der Waals surface area contributed by atoms with Crippen molar-refractivity contribution in [1.82, 2.24) is 9.80 Å². The molecule has 1 fully saturated rings. The molecular weight excluding hydrogens is 276 g/mol. The molecule has 0 unspecified atom stereocenters. The summed E-state index contributed by atoms with van der Waals surface area (Å²) in [5.41, 5.74) is 1.25. The van der Waals surface area contributed by atoms with E-state index in [0.29, 0.717) is 18.7 Å². The van der Waals surface area contributed by atoms with Gasteiger partial charge in [-0.1, -0.05) is 18.2 Å². The normalized spacial score (nSPS) is 20.5. The molecule has 0 radical (unpaired) electrons. The van der Waals surface area contributed by atoms with Gasteiger partial charge < -0.3 is 9.84 Å². The SMILES string of the molecule is CCOc1ccccc1CN1CCN(C(C)C)[C@H](CCO)C1. The number of aliphatic hydroxyl groups is 1. The molecular formula is C18H30N2O2. The summed E-state index contributed by atoms with van der Waals surface area (Å²) < 4.78 is 5.74. The molecule has 4 nitrogen and oxygen atoms in total. The largest absolute Gasteiger partial charge is 0.494 e. The van der Waals surface area contributed by atoms with Crippen LogP contribution in [0.2, 0.25) is 0 Å². The summed E-state index contributed by atoms with van der Waals surface area (Å²) in [6.45, 7) is 11.5. The lowest BCUT2D eigenvalue weighted by Crippen LogP contribution is -2.55. The van der Waals surface area contributed by atoms with Gasteiger partial charge in [-0.05, 0) is 33.3 Å². The van der Waals surface area contributed by atoms with E-state index in [1.54, 1.807) is 0 Å². The highest BCUT2D eigenvalue weighted by molar-refractivity contribution is 5.33. The Morgan fingerprint density at radius 3 is 2.73 bits per heavy atom. The van der Waals surface area contributed by atoms with Crippen LogP contribution in [0.15, 0.2) is 24.3 Å². The van der Waals surface area contributed by atoms with Crippen molar-refractivity contribution in [2.45, 2.75) is 45.8 Å². The van der Waals surface area contributed by atoms with E-state index in [4.69, 9.17) is 4.74 Å². The van der Waals surface area contributed by atoms with Crippen molar-refractivity contribution >= 4 is 0 Å². The zero-order chi connectivity index (χ0) is 15.9. The smallest absolute Gasteiger partial charge is 0.123 e. The fourth-order valence-corrected chi connectivity index (χ4v) is 3.33. The van der Waals surface area contributed by atoms with Gasteiger partial charge in [-0.2, -0.15) is 0 Å². The Morgan fingerprint density at radius 1 is 1.27 bits per heavy atom. The number of piperazine rings is 1. The number of para-hydroxylation sites is 1. The molecule has 1 aliphatic heterocycles. The van der Waals surface area contributed by atoms with Gasteiger partial charge >= 0.3 is 0 Å². The Hall–Kier alpha value is -1.10. The van der Waals surface area contributed by atoms with Crippen LogP contribution in [0.3, 0.4) is 0 Å². The van der Waals surface area contributed by atoms with Gasteiger partial charge in [0.05, 0.1) is 6.61 Å². The van der Waals surface area contributed by atoms with Crippen LogP contribution >= 0.6 is 0 Å². The topological polar surface area (TPSA) is 35.9 Å². The summed E-state index contributed by atoms with van der Waals surface area (Å²) in [4.78, 5) is 5.00. The number of rotatable bonds is 7. The molecule has 2 rings (SSSR count). The standard InChI is InChI=1S/C18H30N2O2/c1-4-22-18-8-6-5-7-16(18)13-19-10-11-20(15(2)3)17(14-19)9-12-21/h5-8,15,17,21H,4,9-14H2,1-3H3/t17-/m1/s1. The monoisotopic (exact) mass is 306 g/mol. The molecule has 4 heteroatoms. The van der Waals surface area contributed by atoms with Gasteiger partial charge in [-0.25, -0.2) is 0 Å². The fourth-order valence-electron chi connectivity index (χ4n) is 3.33. The van der Waals surface area contributed by atoms with Crippen LogP contribution in [0.5, 0.6) is 5.75 Å². The lowest BCUT2D eigenvalue weighted by molar-refractivity contribution is 0.0346. The van der Waals surface area contributed by atoms with E-state index in [1.807, 2.05) is 13.0 Å². The van der Waals surface area contributed by atoms with Crippen molar-refractivity contribution in [1.29, 1.82) is 0 Å². The molecule has 22 heavy (non-hydrogen) atoms. The summed E-state index contributed by atoms with van der Waals surface area (Å²) in [6.07, 6.45) is 0.849. The Balaban J connectivity index is 2.02. The van der Waals surface area contributed by atoms with Crippen LogP contribution in [-0.2, 0) is 6.54 Å². The van der Waals surface area contributed by atoms with Crippen molar-refractivity contribution in [3.05, 3.63) is 29.8 Å². The highest BCUT2D eigenvalue weighted by Crippen LogP contribution is 2.23. The predicted molar refractivity (Wildman–Crippen MR) is 90.2 cm³/mol. The minimum absolute atomic E-state index is 0.261. The first-order valence-electron chi connectivity index (χ1n) is 8.45. The lowest BCUT2D eigenvalue weighted by Gasteiger charge is -2.43. The maximum atomic E-state index is 9.34. The molecule has 124 valence electrons. The van der Waals surface area contributed by atoms with E-state index in [2.05, 4.69) is 41.8 Å².